The van der Waals surface area contributed by atoms with Gasteiger partial charge in [0.2, 0.25) is 5.91 Å². The van der Waals surface area contributed by atoms with Crippen LogP contribution in [0.15, 0.2) is 63.8 Å². The van der Waals surface area contributed by atoms with E-state index in [9.17, 15) is 9.59 Å². The third-order valence-corrected chi connectivity index (χ3v) is 4.71. The van der Waals surface area contributed by atoms with E-state index in [1.807, 2.05) is 53.4 Å². The highest BCUT2D eigenvalue weighted by Crippen LogP contribution is 2.22. The van der Waals surface area contributed by atoms with Crippen LogP contribution in [0.1, 0.15) is 18.1 Å². The number of carbonyl (C=O) groups is 1. The lowest BCUT2D eigenvalue weighted by Crippen LogP contribution is -2.42. The molecule has 26 heavy (non-hydrogen) atoms. The first-order chi connectivity index (χ1) is 12.7. The Kier molecular flexibility index (Phi) is 4.58. The van der Waals surface area contributed by atoms with Crippen LogP contribution in [-0.4, -0.2) is 35.1 Å². The first-order valence-corrected chi connectivity index (χ1v) is 8.75. The molecule has 0 spiro atoms. The van der Waals surface area contributed by atoms with Gasteiger partial charge in [-0.25, -0.2) is 4.79 Å². The van der Waals surface area contributed by atoms with Crippen LogP contribution in [0.5, 0.6) is 0 Å². The van der Waals surface area contributed by atoms with Gasteiger partial charge < -0.3 is 14.1 Å². The highest BCUT2D eigenvalue weighted by molar-refractivity contribution is 5.77. The summed E-state index contributed by atoms with van der Waals surface area (Å²) in [5.41, 5.74) is 2.33. The number of oxazole rings is 1. The van der Waals surface area contributed by atoms with Crippen molar-refractivity contribution in [3.8, 4) is 0 Å². The van der Waals surface area contributed by atoms with E-state index in [0.717, 1.165) is 11.1 Å². The summed E-state index contributed by atoms with van der Waals surface area (Å²) in [5, 5.41) is 0. The molecule has 0 radical (unpaired) electrons. The zero-order chi connectivity index (χ0) is 17.9. The molecule has 0 saturated carbocycles. The maximum atomic E-state index is 12.6. The van der Waals surface area contributed by atoms with E-state index >= 15 is 0 Å². The quantitative estimate of drug-likeness (QED) is 0.724. The van der Waals surface area contributed by atoms with Crippen molar-refractivity contribution in [1.82, 2.24) is 9.47 Å². The number of rotatable bonds is 4. The number of ether oxygens (including phenoxy) is 1. The molecule has 4 rings (SSSR count). The summed E-state index contributed by atoms with van der Waals surface area (Å²) < 4.78 is 12.5. The van der Waals surface area contributed by atoms with Crippen molar-refractivity contribution in [3.63, 3.8) is 0 Å². The van der Waals surface area contributed by atoms with Crippen LogP contribution in [0.3, 0.4) is 0 Å². The van der Waals surface area contributed by atoms with E-state index in [2.05, 4.69) is 0 Å². The molecule has 2 heterocycles. The number of nitrogens with zero attached hydrogens (tertiary/aromatic N) is 2. The molecular weight excluding hydrogens is 332 g/mol. The number of benzene rings is 2. The topological polar surface area (TPSA) is 64.7 Å². The fraction of sp³-hybridized carbons (Fsp3) is 0.300. The van der Waals surface area contributed by atoms with Crippen molar-refractivity contribution >= 4 is 17.0 Å². The molecule has 1 amide bonds. The number of fused-ring (bicyclic) bond motifs is 1. The van der Waals surface area contributed by atoms with Gasteiger partial charge in [0.15, 0.2) is 5.58 Å². The third kappa shape index (κ3) is 3.28. The van der Waals surface area contributed by atoms with Gasteiger partial charge in [-0.1, -0.05) is 42.5 Å². The Morgan fingerprint density at radius 1 is 1.08 bits per heavy atom. The second-order valence-electron chi connectivity index (χ2n) is 6.35. The molecule has 6 nitrogen and oxygen atoms in total. The SMILES string of the molecule is O=C(CCn1c(=O)oc2ccccc21)N1CCOC(c2ccccc2)C1. The van der Waals surface area contributed by atoms with Gasteiger partial charge in [-0.15, -0.1) is 0 Å². The number of aromatic nitrogens is 1. The fourth-order valence-corrected chi connectivity index (χ4v) is 3.34. The Labute approximate surface area is 150 Å². The van der Waals surface area contributed by atoms with Gasteiger partial charge in [-0.3, -0.25) is 9.36 Å². The van der Waals surface area contributed by atoms with Crippen LogP contribution in [-0.2, 0) is 16.1 Å². The van der Waals surface area contributed by atoms with E-state index in [0.29, 0.717) is 31.8 Å². The standard InChI is InChI=1S/C20H20N2O4/c23-19(10-11-22-16-8-4-5-9-17(16)26-20(22)24)21-12-13-25-18(14-21)15-6-2-1-3-7-15/h1-9,18H,10-14H2. The molecule has 0 bridgehead atoms. The third-order valence-electron chi connectivity index (χ3n) is 4.71. The Bertz CT molecular complexity index is 961. The number of hydrogen-bond acceptors (Lipinski definition) is 4. The lowest BCUT2D eigenvalue weighted by molar-refractivity contribution is -0.139. The Balaban J connectivity index is 1.43. The molecule has 1 atom stereocenters. The summed E-state index contributed by atoms with van der Waals surface area (Å²) >= 11 is 0. The predicted molar refractivity (Wildman–Crippen MR) is 96.8 cm³/mol. The summed E-state index contributed by atoms with van der Waals surface area (Å²) in [7, 11) is 0. The first kappa shape index (κ1) is 16.6. The molecule has 0 N–H and O–H groups in total. The van der Waals surface area contributed by atoms with Crippen molar-refractivity contribution in [3.05, 3.63) is 70.7 Å². The normalized spacial score (nSPS) is 17.5. The lowest BCUT2D eigenvalue weighted by atomic mass is 10.1. The highest BCUT2D eigenvalue weighted by Gasteiger charge is 2.25. The number of hydrogen-bond donors (Lipinski definition) is 0. The minimum Gasteiger partial charge on any atom is -0.408 e. The number of carbonyl (C=O) groups excluding carboxylic acids is 1. The van der Waals surface area contributed by atoms with Gasteiger partial charge in [0, 0.05) is 19.5 Å². The minimum atomic E-state index is -0.428. The molecule has 1 aliphatic rings. The molecule has 1 fully saturated rings. The summed E-state index contributed by atoms with van der Waals surface area (Å²) in [6.45, 7) is 1.93. The molecule has 1 saturated heterocycles. The minimum absolute atomic E-state index is 0.0198. The van der Waals surface area contributed by atoms with Crippen LogP contribution in [0.2, 0.25) is 0 Å². The van der Waals surface area contributed by atoms with Gasteiger partial charge >= 0.3 is 5.76 Å². The number of amides is 1. The molecule has 6 heteroatoms. The largest absolute Gasteiger partial charge is 0.419 e. The van der Waals surface area contributed by atoms with Gasteiger partial charge in [-0.2, -0.15) is 0 Å². The highest BCUT2D eigenvalue weighted by atomic mass is 16.5. The van der Waals surface area contributed by atoms with Gasteiger partial charge in [0.1, 0.15) is 6.10 Å². The molecular formula is C20H20N2O4. The summed E-state index contributed by atoms with van der Waals surface area (Å²) in [5.74, 6) is -0.408. The zero-order valence-corrected chi connectivity index (χ0v) is 14.3. The molecule has 0 aliphatic carbocycles. The Hall–Kier alpha value is -2.86. The van der Waals surface area contributed by atoms with Gasteiger partial charge in [-0.05, 0) is 17.7 Å². The molecule has 1 aromatic heterocycles. The molecule has 134 valence electrons. The van der Waals surface area contributed by atoms with Crippen molar-refractivity contribution in [2.75, 3.05) is 19.7 Å². The maximum Gasteiger partial charge on any atom is 0.419 e. The lowest BCUT2D eigenvalue weighted by Gasteiger charge is -2.33. The summed E-state index contributed by atoms with van der Waals surface area (Å²) in [6, 6.07) is 17.2. The maximum absolute atomic E-state index is 12.6. The zero-order valence-electron chi connectivity index (χ0n) is 14.3. The van der Waals surface area contributed by atoms with Crippen LogP contribution >= 0.6 is 0 Å². The van der Waals surface area contributed by atoms with Crippen LogP contribution in [0, 0.1) is 0 Å². The fourth-order valence-electron chi connectivity index (χ4n) is 3.34. The van der Waals surface area contributed by atoms with Crippen molar-refractivity contribution in [2.24, 2.45) is 0 Å². The molecule has 3 aromatic rings. The van der Waals surface area contributed by atoms with Gasteiger partial charge in [0.05, 0.1) is 18.7 Å². The van der Waals surface area contributed by atoms with Crippen molar-refractivity contribution in [2.45, 2.75) is 19.1 Å². The van der Waals surface area contributed by atoms with Crippen molar-refractivity contribution in [1.29, 1.82) is 0 Å². The van der Waals surface area contributed by atoms with E-state index in [4.69, 9.17) is 9.15 Å². The smallest absolute Gasteiger partial charge is 0.408 e. The number of para-hydroxylation sites is 2. The Morgan fingerprint density at radius 3 is 2.69 bits per heavy atom. The van der Waals surface area contributed by atoms with Crippen LogP contribution in [0.4, 0.5) is 0 Å². The first-order valence-electron chi connectivity index (χ1n) is 8.75. The van der Waals surface area contributed by atoms with Gasteiger partial charge in [0.25, 0.3) is 0 Å². The van der Waals surface area contributed by atoms with Crippen molar-refractivity contribution < 1.29 is 13.9 Å². The Morgan fingerprint density at radius 2 is 1.85 bits per heavy atom. The molecule has 1 aliphatic heterocycles. The van der Waals surface area contributed by atoms with Crippen LogP contribution in [0.25, 0.3) is 11.1 Å². The summed E-state index contributed by atoms with van der Waals surface area (Å²) in [4.78, 5) is 26.5. The average molecular weight is 352 g/mol. The summed E-state index contributed by atoms with van der Waals surface area (Å²) in [6.07, 6.45) is 0.150. The van der Waals surface area contributed by atoms with E-state index in [1.54, 1.807) is 6.07 Å². The molecule has 2 aromatic carbocycles. The second-order valence-corrected chi connectivity index (χ2v) is 6.35. The van der Waals surface area contributed by atoms with E-state index < -0.39 is 5.76 Å². The monoisotopic (exact) mass is 352 g/mol. The second kappa shape index (κ2) is 7.17. The molecule has 1 unspecified atom stereocenters. The van der Waals surface area contributed by atoms with E-state index in [-0.39, 0.29) is 18.4 Å². The van der Waals surface area contributed by atoms with E-state index in [1.165, 1.54) is 4.57 Å². The van der Waals surface area contributed by atoms with Crippen LogP contribution < -0.4 is 5.76 Å². The predicted octanol–water partition coefficient (Wildman–Crippen LogP) is 2.58. The average Bonchev–Trinajstić information content (AvgIpc) is 3.02. The number of aryl methyl sites for hydroxylation is 1. The number of morpholine rings is 1.